The van der Waals surface area contributed by atoms with Crippen LogP contribution in [0, 0.1) is 0 Å². The molecule has 3 rings (SSSR count). The number of ether oxygens (including phenoxy) is 1. The number of carbonyl (C=O) groups excluding carboxylic acids is 1. The first-order valence-electron chi connectivity index (χ1n) is 10.1. The smallest absolute Gasteiger partial charge is 0.266 e. The number of hydrogen-bond acceptors (Lipinski definition) is 4. The Kier molecular flexibility index (Phi) is 6.08. The van der Waals surface area contributed by atoms with Gasteiger partial charge < -0.3 is 9.84 Å². The maximum Gasteiger partial charge on any atom is 0.266 e. The molecule has 1 aliphatic rings. The van der Waals surface area contributed by atoms with Crippen LogP contribution >= 0.6 is 11.8 Å². The highest BCUT2D eigenvalue weighted by atomic mass is 32.2. The van der Waals surface area contributed by atoms with Gasteiger partial charge in [0, 0.05) is 23.1 Å². The van der Waals surface area contributed by atoms with Gasteiger partial charge in [0.1, 0.15) is 12.5 Å². The van der Waals surface area contributed by atoms with E-state index in [4.69, 9.17) is 4.74 Å². The summed E-state index contributed by atoms with van der Waals surface area (Å²) in [6.07, 6.45) is 1.93. The molecule has 2 aromatic rings. The first-order valence-corrected chi connectivity index (χ1v) is 10.9. The van der Waals surface area contributed by atoms with Gasteiger partial charge in [0.25, 0.3) is 5.91 Å². The lowest BCUT2D eigenvalue weighted by molar-refractivity contribution is -0.115. The molecule has 0 aromatic heterocycles. The number of hydrogen-bond donors (Lipinski definition) is 1. The van der Waals surface area contributed by atoms with Crippen molar-refractivity contribution in [1.82, 2.24) is 0 Å². The lowest BCUT2D eigenvalue weighted by atomic mass is 9.78. The van der Waals surface area contributed by atoms with Crippen LogP contribution in [0.2, 0.25) is 0 Å². The topological polar surface area (TPSA) is 49.8 Å². The molecule has 160 valence electrons. The average Bonchev–Trinajstić information content (AvgIpc) is 2.64. The Morgan fingerprint density at radius 3 is 2.13 bits per heavy atom. The monoisotopic (exact) mass is 425 g/mol. The molecule has 0 aliphatic carbocycles. The number of thioether (sulfide) groups is 1. The van der Waals surface area contributed by atoms with E-state index in [2.05, 4.69) is 41.5 Å². The number of nitrogens with zero attached hydrogens (tertiary/aromatic N) is 1. The van der Waals surface area contributed by atoms with Crippen LogP contribution in [0.5, 0.6) is 5.75 Å². The van der Waals surface area contributed by atoms with Gasteiger partial charge in [-0.05, 0) is 46.7 Å². The SMILES string of the molecule is COCN1C(=O)/C(=C/c2cc(C(C)(C)C)c(O)c(C(C)(C)C)c2)Sc2ccccc21. The fraction of sp³-hybridized carbons (Fsp3) is 0.400. The van der Waals surface area contributed by atoms with E-state index in [0.29, 0.717) is 10.7 Å². The Bertz CT molecular complexity index is 961. The number of phenols is 1. The summed E-state index contributed by atoms with van der Waals surface area (Å²) in [6.45, 7) is 12.7. The zero-order valence-electron chi connectivity index (χ0n) is 18.9. The lowest BCUT2D eigenvalue weighted by Gasteiger charge is -2.30. The lowest BCUT2D eigenvalue weighted by Crippen LogP contribution is -2.35. The summed E-state index contributed by atoms with van der Waals surface area (Å²) < 4.78 is 5.29. The van der Waals surface area contributed by atoms with Crippen LogP contribution in [0.3, 0.4) is 0 Å². The number of para-hydroxylation sites is 1. The third kappa shape index (κ3) is 4.42. The van der Waals surface area contributed by atoms with Gasteiger partial charge >= 0.3 is 0 Å². The largest absolute Gasteiger partial charge is 0.507 e. The summed E-state index contributed by atoms with van der Waals surface area (Å²) in [4.78, 5) is 16.5. The molecule has 0 unspecified atom stereocenters. The molecule has 1 heterocycles. The molecular weight excluding hydrogens is 394 g/mol. The predicted octanol–water partition coefficient (Wildman–Crippen LogP) is 6.07. The Hall–Kier alpha value is -2.24. The van der Waals surface area contributed by atoms with Crippen molar-refractivity contribution < 1.29 is 14.6 Å². The maximum atomic E-state index is 13.2. The van der Waals surface area contributed by atoms with Crippen molar-refractivity contribution in [3.63, 3.8) is 0 Å². The molecule has 2 aromatic carbocycles. The van der Waals surface area contributed by atoms with Crippen molar-refractivity contribution in [2.75, 3.05) is 18.7 Å². The summed E-state index contributed by atoms with van der Waals surface area (Å²) in [6, 6.07) is 11.8. The van der Waals surface area contributed by atoms with Crippen molar-refractivity contribution in [3.8, 4) is 5.75 Å². The second kappa shape index (κ2) is 8.12. The molecule has 5 heteroatoms. The van der Waals surface area contributed by atoms with Crippen LogP contribution in [-0.2, 0) is 20.4 Å². The van der Waals surface area contributed by atoms with Crippen LogP contribution in [0.4, 0.5) is 5.69 Å². The molecule has 0 saturated carbocycles. The molecule has 0 atom stereocenters. The summed E-state index contributed by atoms with van der Waals surface area (Å²) in [5.41, 5.74) is 3.08. The number of phenolic OH excluding ortho intramolecular Hbond substituents is 1. The van der Waals surface area contributed by atoms with Crippen LogP contribution in [0.1, 0.15) is 58.2 Å². The van der Waals surface area contributed by atoms with Gasteiger partial charge in [-0.1, -0.05) is 65.4 Å². The van der Waals surface area contributed by atoms with Gasteiger partial charge in [-0.2, -0.15) is 0 Å². The van der Waals surface area contributed by atoms with Gasteiger partial charge in [0.05, 0.1) is 10.6 Å². The highest BCUT2D eigenvalue weighted by Crippen LogP contribution is 2.44. The highest BCUT2D eigenvalue weighted by Gasteiger charge is 2.30. The van der Waals surface area contributed by atoms with Crippen LogP contribution in [0.25, 0.3) is 6.08 Å². The summed E-state index contributed by atoms with van der Waals surface area (Å²) in [5, 5.41) is 11.0. The highest BCUT2D eigenvalue weighted by molar-refractivity contribution is 8.04. The van der Waals surface area contributed by atoms with E-state index >= 15 is 0 Å². The van der Waals surface area contributed by atoms with E-state index in [1.807, 2.05) is 42.5 Å². The molecule has 1 aliphatic heterocycles. The molecular formula is C25H31NO3S. The number of methoxy groups -OCH3 is 1. The summed E-state index contributed by atoms with van der Waals surface area (Å²) >= 11 is 1.47. The normalized spacial score (nSPS) is 16.2. The molecule has 0 radical (unpaired) electrons. The summed E-state index contributed by atoms with van der Waals surface area (Å²) in [7, 11) is 1.59. The zero-order chi connectivity index (χ0) is 22.3. The van der Waals surface area contributed by atoms with E-state index in [1.165, 1.54) is 11.8 Å². The Morgan fingerprint density at radius 2 is 1.60 bits per heavy atom. The van der Waals surface area contributed by atoms with E-state index in [-0.39, 0.29) is 23.5 Å². The van der Waals surface area contributed by atoms with Gasteiger partial charge in [-0.15, -0.1) is 0 Å². The van der Waals surface area contributed by atoms with Gasteiger partial charge in [0.2, 0.25) is 0 Å². The molecule has 0 bridgehead atoms. The molecule has 0 saturated heterocycles. The fourth-order valence-corrected chi connectivity index (χ4v) is 4.61. The molecule has 0 spiro atoms. The molecule has 1 amide bonds. The fourth-order valence-electron chi connectivity index (χ4n) is 3.55. The van der Waals surface area contributed by atoms with Gasteiger partial charge in [-0.25, -0.2) is 0 Å². The quantitative estimate of drug-likeness (QED) is 0.606. The van der Waals surface area contributed by atoms with Crippen molar-refractivity contribution in [3.05, 3.63) is 58.0 Å². The van der Waals surface area contributed by atoms with E-state index in [0.717, 1.165) is 27.3 Å². The number of fused-ring (bicyclic) bond motifs is 1. The van der Waals surface area contributed by atoms with Gasteiger partial charge in [0.15, 0.2) is 0 Å². The predicted molar refractivity (Wildman–Crippen MR) is 125 cm³/mol. The number of carbonyl (C=O) groups is 1. The van der Waals surface area contributed by atoms with E-state index in [9.17, 15) is 9.90 Å². The third-order valence-electron chi connectivity index (χ3n) is 5.14. The minimum atomic E-state index is -0.225. The second-order valence-corrected chi connectivity index (χ2v) is 10.8. The minimum Gasteiger partial charge on any atom is -0.507 e. The van der Waals surface area contributed by atoms with Crippen molar-refractivity contribution in [1.29, 1.82) is 0 Å². The molecule has 0 fully saturated rings. The number of anilines is 1. The third-order valence-corrected chi connectivity index (χ3v) is 6.21. The second-order valence-electron chi connectivity index (χ2n) is 9.69. The number of amides is 1. The minimum absolute atomic E-state index is 0.0803. The Balaban J connectivity index is 2.16. The van der Waals surface area contributed by atoms with Crippen molar-refractivity contribution in [2.24, 2.45) is 0 Å². The first-order chi connectivity index (χ1) is 13.9. The number of benzene rings is 2. The van der Waals surface area contributed by atoms with Crippen molar-refractivity contribution in [2.45, 2.75) is 57.3 Å². The summed E-state index contributed by atoms with van der Waals surface area (Å²) in [5.74, 6) is 0.259. The number of rotatable bonds is 3. The van der Waals surface area contributed by atoms with Crippen LogP contribution in [0.15, 0.2) is 46.2 Å². The molecule has 30 heavy (non-hydrogen) atoms. The zero-order valence-corrected chi connectivity index (χ0v) is 19.7. The maximum absolute atomic E-state index is 13.2. The first kappa shape index (κ1) is 22.4. The van der Waals surface area contributed by atoms with Crippen LogP contribution in [-0.4, -0.2) is 24.9 Å². The van der Waals surface area contributed by atoms with Crippen molar-refractivity contribution >= 4 is 29.4 Å². The van der Waals surface area contributed by atoms with E-state index in [1.54, 1.807) is 12.0 Å². The standard InChI is InChI=1S/C25H31NO3S/c1-24(2,3)17-12-16(13-18(22(17)27)25(4,5)6)14-21-23(28)26(15-29-7)19-10-8-9-11-20(19)30-21/h8-14,27H,15H2,1-7H3/b21-14-. The van der Waals surface area contributed by atoms with Gasteiger partial charge in [-0.3, -0.25) is 9.69 Å². The Labute approximate surface area is 183 Å². The average molecular weight is 426 g/mol. The number of aromatic hydroxyl groups is 1. The molecule has 1 N–H and O–H groups in total. The van der Waals surface area contributed by atoms with E-state index < -0.39 is 0 Å². The molecule has 4 nitrogen and oxygen atoms in total. The van der Waals surface area contributed by atoms with Crippen LogP contribution < -0.4 is 4.90 Å². The Morgan fingerprint density at radius 1 is 1.03 bits per heavy atom.